The molecule has 6 nitrogen and oxygen atoms in total. The number of furan rings is 1. The molecule has 0 aliphatic rings. The largest absolute Gasteiger partial charge is 0.493 e. The lowest BCUT2D eigenvalue weighted by Gasteiger charge is -2.06. The summed E-state index contributed by atoms with van der Waals surface area (Å²) < 4.78 is 12.4. The molecule has 2 N–H and O–H groups in total. The Balaban J connectivity index is 1.56. The van der Waals surface area contributed by atoms with Gasteiger partial charge in [-0.15, -0.1) is 10.2 Å². The van der Waals surface area contributed by atoms with Gasteiger partial charge in [0.15, 0.2) is 5.82 Å². The van der Waals surface area contributed by atoms with Gasteiger partial charge in [0.1, 0.15) is 11.5 Å². The number of nitrogen functional groups attached to an aromatic ring is 1. The van der Waals surface area contributed by atoms with Crippen molar-refractivity contribution >= 4 is 23.4 Å². The van der Waals surface area contributed by atoms with E-state index < -0.39 is 0 Å². The van der Waals surface area contributed by atoms with Crippen LogP contribution in [0.5, 0.6) is 5.75 Å². The fourth-order valence-corrected chi connectivity index (χ4v) is 2.80. The summed E-state index contributed by atoms with van der Waals surface area (Å²) in [5.41, 5.74) is 0.837. The Kier molecular flexibility index (Phi) is 4.78. The highest BCUT2D eigenvalue weighted by molar-refractivity contribution is 7.99. The molecule has 0 amide bonds. The molecule has 3 rings (SSSR count). The van der Waals surface area contributed by atoms with Gasteiger partial charge in [-0.2, -0.15) is 0 Å². The van der Waals surface area contributed by atoms with Crippen LogP contribution < -0.4 is 10.6 Å². The maximum atomic E-state index is 6.05. The quantitative estimate of drug-likeness (QED) is 0.417. The van der Waals surface area contributed by atoms with Crippen molar-refractivity contribution in [3.8, 4) is 17.1 Å². The number of nitrogens with two attached hydrogens (primary N) is 1. The number of aromatic nitrogens is 3. The molecule has 0 spiro atoms. The van der Waals surface area contributed by atoms with E-state index in [1.165, 1.54) is 16.4 Å². The van der Waals surface area contributed by atoms with Crippen molar-refractivity contribution in [3.63, 3.8) is 0 Å². The summed E-state index contributed by atoms with van der Waals surface area (Å²) in [6.07, 6.45) is 1.60. The van der Waals surface area contributed by atoms with E-state index in [4.69, 9.17) is 26.6 Å². The van der Waals surface area contributed by atoms with Crippen LogP contribution in [-0.2, 0) is 0 Å². The first kappa shape index (κ1) is 15.8. The van der Waals surface area contributed by atoms with Crippen LogP contribution in [-0.4, -0.2) is 27.2 Å². The maximum absolute atomic E-state index is 6.05. The summed E-state index contributed by atoms with van der Waals surface area (Å²) in [5, 5.41) is 9.53. The van der Waals surface area contributed by atoms with Crippen LogP contribution in [0.2, 0.25) is 5.02 Å². The van der Waals surface area contributed by atoms with Gasteiger partial charge in [-0.25, -0.2) is 4.68 Å². The number of hydrogen-bond acceptors (Lipinski definition) is 6. The van der Waals surface area contributed by atoms with Gasteiger partial charge in [-0.05, 0) is 37.3 Å². The molecule has 1 aromatic carbocycles. The second-order valence-corrected chi connectivity index (χ2v) is 6.22. The topological polar surface area (TPSA) is 79.1 Å². The van der Waals surface area contributed by atoms with Gasteiger partial charge in [-0.1, -0.05) is 23.4 Å². The van der Waals surface area contributed by atoms with Crippen LogP contribution in [0.4, 0.5) is 0 Å². The van der Waals surface area contributed by atoms with Gasteiger partial charge in [0.05, 0.1) is 18.4 Å². The molecule has 23 heavy (non-hydrogen) atoms. The second kappa shape index (κ2) is 6.97. The Morgan fingerprint density at radius 3 is 2.74 bits per heavy atom. The highest BCUT2D eigenvalue weighted by Gasteiger charge is 2.15. The smallest absolute Gasteiger partial charge is 0.210 e. The number of thioether (sulfide) groups is 1. The molecule has 2 aromatic heterocycles. The zero-order chi connectivity index (χ0) is 16.2. The standard InChI is InChI=1S/C15H15ClN4O2S/c1-10-13(6-7-21-10)14-18-19-15(20(14)17)23-9-8-22-12-4-2-11(16)3-5-12/h2-7H,8-9,17H2,1H3. The Morgan fingerprint density at radius 1 is 1.26 bits per heavy atom. The van der Waals surface area contributed by atoms with Crippen molar-refractivity contribution in [2.45, 2.75) is 12.1 Å². The molecule has 0 unspecified atom stereocenters. The van der Waals surface area contributed by atoms with Crippen LogP contribution in [0.1, 0.15) is 5.76 Å². The van der Waals surface area contributed by atoms with Gasteiger partial charge in [0.25, 0.3) is 0 Å². The van der Waals surface area contributed by atoms with E-state index in [0.717, 1.165) is 17.1 Å². The summed E-state index contributed by atoms with van der Waals surface area (Å²) in [6.45, 7) is 2.38. The monoisotopic (exact) mass is 350 g/mol. The molecule has 0 saturated heterocycles. The molecule has 8 heteroatoms. The summed E-state index contributed by atoms with van der Waals surface area (Å²) in [7, 11) is 0. The highest BCUT2D eigenvalue weighted by Crippen LogP contribution is 2.25. The number of benzene rings is 1. The lowest BCUT2D eigenvalue weighted by Crippen LogP contribution is -2.12. The van der Waals surface area contributed by atoms with Crippen molar-refractivity contribution in [1.82, 2.24) is 14.9 Å². The highest BCUT2D eigenvalue weighted by atomic mass is 35.5. The predicted octanol–water partition coefficient (Wildman–Crippen LogP) is 3.38. The minimum absolute atomic E-state index is 0.527. The number of aryl methyl sites for hydroxylation is 1. The van der Waals surface area contributed by atoms with Crippen molar-refractivity contribution in [2.75, 3.05) is 18.2 Å². The van der Waals surface area contributed by atoms with Gasteiger partial charge in [0, 0.05) is 10.8 Å². The maximum Gasteiger partial charge on any atom is 0.210 e. The molecular weight excluding hydrogens is 336 g/mol. The molecule has 2 heterocycles. The Hall–Kier alpha value is -2.12. The summed E-state index contributed by atoms with van der Waals surface area (Å²) in [6, 6.07) is 9.07. The van der Waals surface area contributed by atoms with E-state index in [0.29, 0.717) is 28.4 Å². The third-order valence-electron chi connectivity index (χ3n) is 3.16. The van der Waals surface area contributed by atoms with Gasteiger partial charge in [0.2, 0.25) is 5.16 Å². The third kappa shape index (κ3) is 3.62. The number of ether oxygens (including phenoxy) is 1. The van der Waals surface area contributed by atoms with E-state index in [9.17, 15) is 0 Å². The average Bonchev–Trinajstić information content (AvgIpc) is 3.12. The van der Waals surface area contributed by atoms with Crippen LogP contribution in [0.25, 0.3) is 11.4 Å². The molecule has 3 aromatic rings. The van der Waals surface area contributed by atoms with E-state index in [1.54, 1.807) is 18.4 Å². The fourth-order valence-electron chi connectivity index (χ4n) is 2.00. The van der Waals surface area contributed by atoms with E-state index in [-0.39, 0.29) is 0 Å². The van der Waals surface area contributed by atoms with E-state index in [2.05, 4.69) is 10.2 Å². The first-order chi connectivity index (χ1) is 11.1. The van der Waals surface area contributed by atoms with Crippen molar-refractivity contribution in [3.05, 3.63) is 47.4 Å². The fraction of sp³-hybridized carbons (Fsp3) is 0.200. The minimum atomic E-state index is 0.527. The number of rotatable bonds is 6. The number of nitrogens with zero attached hydrogens (tertiary/aromatic N) is 3. The first-order valence-corrected chi connectivity index (χ1v) is 8.27. The van der Waals surface area contributed by atoms with Crippen LogP contribution in [0, 0.1) is 6.92 Å². The molecule has 0 fully saturated rings. The zero-order valence-corrected chi connectivity index (χ0v) is 14.0. The van der Waals surface area contributed by atoms with Crippen LogP contribution in [0.3, 0.4) is 0 Å². The Labute approximate surface area is 142 Å². The molecule has 0 saturated carbocycles. The molecule has 0 radical (unpaired) electrons. The van der Waals surface area contributed by atoms with Crippen molar-refractivity contribution < 1.29 is 9.15 Å². The summed E-state index contributed by atoms with van der Waals surface area (Å²) >= 11 is 7.30. The van der Waals surface area contributed by atoms with Crippen LogP contribution >= 0.6 is 23.4 Å². The molecule has 0 aliphatic heterocycles. The van der Waals surface area contributed by atoms with Crippen molar-refractivity contribution in [1.29, 1.82) is 0 Å². The SMILES string of the molecule is Cc1occc1-c1nnc(SCCOc2ccc(Cl)cc2)n1N. The van der Waals surface area contributed by atoms with E-state index >= 15 is 0 Å². The molecule has 120 valence electrons. The second-order valence-electron chi connectivity index (χ2n) is 4.72. The summed E-state index contributed by atoms with van der Waals surface area (Å²) in [4.78, 5) is 0. The van der Waals surface area contributed by atoms with Gasteiger partial charge >= 0.3 is 0 Å². The minimum Gasteiger partial charge on any atom is -0.493 e. The van der Waals surface area contributed by atoms with Gasteiger partial charge in [-0.3, -0.25) is 0 Å². The summed E-state index contributed by atoms with van der Waals surface area (Å²) in [5.74, 6) is 8.86. The lowest BCUT2D eigenvalue weighted by atomic mass is 10.2. The Morgan fingerprint density at radius 2 is 2.04 bits per heavy atom. The van der Waals surface area contributed by atoms with Crippen LogP contribution in [0.15, 0.2) is 46.2 Å². The normalized spacial score (nSPS) is 10.9. The molecular formula is C15H15ClN4O2S. The predicted molar refractivity (Wildman–Crippen MR) is 90.3 cm³/mol. The van der Waals surface area contributed by atoms with Gasteiger partial charge < -0.3 is 15.0 Å². The molecule has 0 atom stereocenters. The van der Waals surface area contributed by atoms with Crippen molar-refractivity contribution in [2.24, 2.45) is 0 Å². The lowest BCUT2D eigenvalue weighted by molar-refractivity contribution is 0.344. The number of halogens is 1. The Bertz CT molecular complexity index is 785. The number of hydrogen-bond donors (Lipinski definition) is 1. The first-order valence-electron chi connectivity index (χ1n) is 6.91. The molecule has 0 aliphatic carbocycles. The average molecular weight is 351 g/mol. The zero-order valence-electron chi connectivity index (χ0n) is 12.4. The third-order valence-corrected chi connectivity index (χ3v) is 4.32. The van der Waals surface area contributed by atoms with E-state index in [1.807, 2.05) is 25.1 Å². The molecule has 0 bridgehead atoms.